The molecule has 0 aliphatic rings. The summed E-state index contributed by atoms with van der Waals surface area (Å²) in [5.74, 6) is -0.325. The van der Waals surface area contributed by atoms with Crippen molar-refractivity contribution in [3.63, 3.8) is 0 Å². The largest absolute Gasteiger partial charge is 0.392 e. The van der Waals surface area contributed by atoms with Crippen LogP contribution in [0, 0.1) is 0 Å². The van der Waals surface area contributed by atoms with E-state index in [0.29, 0.717) is 11.3 Å². The molecule has 1 amide bonds. The van der Waals surface area contributed by atoms with Gasteiger partial charge in [-0.25, -0.2) is 9.97 Å². The van der Waals surface area contributed by atoms with Crippen LogP contribution in [0.2, 0.25) is 5.28 Å². The number of nitrogens with one attached hydrogen (secondary N) is 2. The molecule has 8 heteroatoms. The number of anilines is 1. The van der Waals surface area contributed by atoms with Crippen LogP contribution < -0.4 is 10.6 Å². The Labute approximate surface area is 126 Å². The van der Waals surface area contributed by atoms with Crippen LogP contribution >= 0.6 is 11.6 Å². The van der Waals surface area contributed by atoms with Gasteiger partial charge in [-0.2, -0.15) is 0 Å². The quantitative estimate of drug-likeness (QED) is 0.567. The van der Waals surface area contributed by atoms with Crippen molar-refractivity contribution in [2.45, 2.75) is 19.7 Å². The molecule has 0 aliphatic heterocycles. The van der Waals surface area contributed by atoms with E-state index in [2.05, 4.69) is 25.6 Å². The molecular weight excluding hydrogens is 294 g/mol. The van der Waals surface area contributed by atoms with E-state index in [1.807, 2.05) is 0 Å². The lowest BCUT2D eigenvalue weighted by atomic mass is 10.2. The molecule has 1 unspecified atom stereocenters. The van der Waals surface area contributed by atoms with Gasteiger partial charge in [0.25, 0.3) is 5.91 Å². The SMILES string of the molecule is CC(NC(=O)c1ccc(CO)cn1)Nc1cnc(Cl)nc1. The topological polar surface area (TPSA) is 100 Å². The molecule has 0 saturated heterocycles. The second-order valence-electron chi connectivity index (χ2n) is 4.29. The van der Waals surface area contributed by atoms with E-state index >= 15 is 0 Å². The van der Waals surface area contributed by atoms with E-state index in [9.17, 15) is 4.79 Å². The number of amides is 1. The standard InChI is InChI=1S/C13H14ClN5O2/c1-8(18-10-5-16-13(14)17-6-10)19-12(21)11-3-2-9(7-20)4-15-11/h2-6,8,18,20H,7H2,1H3,(H,19,21). The zero-order valence-electron chi connectivity index (χ0n) is 11.2. The summed E-state index contributed by atoms with van der Waals surface area (Å²) in [7, 11) is 0. The lowest BCUT2D eigenvalue weighted by Crippen LogP contribution is -2.38. The van der Waals surface area contributed by atoms with Gasteiger partial charge in [0.05, 0.1) is 30.9 Å². The smallest absolute Gasteiger partial charge is 0.271 e. The first-order chi connectivity index (χ1) is 10.1. The van der Waals surface area contributed by atoms with Crippen LogP contribution in [-0.2, 0) is 6.61 Å². The van der Waals surface area contributed by atoms with Crippen LogP contribution in [0.3, 0.4) is 0 Å². The van der Waals surface area contributed by atoms with Crippen molar-refractivity contribution >= 4 is 23.2 Å². The van der Waals surface area contributed by atoms with Crippen LogP contribution in [0.4, 0.5) is 5.69 Å². The third-order valence-corrected chi connectivity index (χ3v) is 2.79. The Morgan fingerprint density at radius 2 is 2.00 bits per heavy atom. The van der Waals surface area contributed by atoms with Gasteiger partial charge in [0.1, 0.15) is 5.69 Å². The van der Waals surface area contributed by atoms with Crippen LogP contribution in [0.1, 0.15) is 23.0 Å². The van der Waals surface area contributed by atoms with Gasteiger partial charge in [-0.05, 0) is 30.2 Å². The molecule has 3 N–H and O–H groups in total. The number of rotatable bonds is 5. The molecule has 0 fully saturated rings. The van der Waals surface area contributed by atoms with Crippen LogP contribution in [0.15, 0.2) is 30.7 Å². The van der Waals surface area contributed by atoms with Gasteiger partial charge in [0, 0.05) is 6.20 Å². The summed E-state index contributed by atoms with van der Waals surface area (Å²) >= 11 is 5.59. The molecule has 0 bridgehead atoms. The van der Waals surface area contributed by atoms with Crippen molar-refractivity contribution in [2.75, 3.05) is 5.32 Å². The van der Waals surface area contributed by atoms with Gasteiger partial charge in [-0.3, -0.25) is 9.78 Å². The first-order valence-corrected chi connectivity index (χ1v) is 6.57. The summed E-state index contributed by atoms with van der Waals surface area (Å²) in [6, 6.07) is 3.20. The predicted molar refractivity (Wildman–Crippen MR) is 77.8 cm³/mol. The van der Waals surface area contributed by atoms with E-state index < -0.39 is 0 Å². The van der Waals surface area contributed by atoms with E-state index in [0.717, 1.165) is 0 Å². The number of nitrogens with zero attached hydrogens (tertiary/aromatic N) is 3. The number of hydrogen-bond donors (Lipinski definition) is 3. The maximum absolute atomic E-state index is 12.0. The third kappa shape index (κ3) is 4.37. The molecule has 1 atom stereocenters. The van der Waals surface area contributed by atoms with Crippen LogP contribution in [0.25, 0.3) is 0 Å². The summed E-state index contributed by atoms with van der Waals surface area (Å²) in [4.78, 5) is 23.6. The summed E-state index contributed by atoms with van der Waals surface area (Å²) < 4.78 is 0. The Hall–Kier alpha value is -2.25. The lowest BCUT2D eigenvalue weighted by molar-refractivity contribution is 0.0939. The van der Waals surface area contributed by atoms with Gasteiger partial charge in [-0.1, -0.05) is 6.07 Å². The predicted octanol–water partition coefficient (Wildman–Crippen LogP) is 1.21. The third-order valence-electron chi connectivity index (χ3n) is 2.59. The molecule has 21 heavy (non-hydrogen) atoms. The molecule has 0 aromatic carbocycles. The Kier molecular flexibility index (Phi) is 5.02. The molecule has 7 nitrogen and oxygen atoms in total. The fourth-order valence-corrected chi connectivity index (χ4v) is 1.69. The summed E-state index contributed by atoms with van der Waals surface area (Å²) in [6.07, 6.45) is 4.15. The zero-order valence-corrected chi connectivity index (χ0v) is 12.0. The molecule has 0 aliphatic carbocycles. The molecule has 2 aromatic rings. The normalized spacial score (nSPS) is 11.8. The number of aliphatic hydroxyl groups is 1. The van der Waals surface area contributed by atoms with E-state index in [4.69, 9.17) is 16.7 Å². The lowest BCUT2D eigenvalue weighted by Gasteiger charge is -2.16. The average molecular weight is 308 g/mol. The van der Waals surface area contributed by atoms with E-state index in [-0.39, 0.29) is 29.7 Å². The molecule has 0 spiro atoms. The number of aliphatic hydroxyl groups excluding tert-OH is 1. The Balaban J connectivity index is 1.93. The number of aromatic nitrogens is 3. The number of halogens is 1. The fourth-order valence-electron chi connectivity index (χ4n) is 1.60. The number of pyridine rings is 1. The summed E-state index contributed by atoms with van der Waals surface area (Å²) in [6.45, 7) is 1.66. The molecule has 110 valence electrons. The first kappa shape index (κ1) is 15.1. The highest BCUT2D eigenvalue weighted by atomic mass is 35.5. The van der Waals surface area contributed by atoms with Crippen molar-refractivity contribution in [3.8, 4) is 0 Å². The van der Waals surface area contributed by atoms with Gasteiger partial charge in [0.15, 0.2) is 0 Å². The Morgan fingerprint density at radius 3 is 2.57 bits per heavy atom. The molecule has 0 saturated carbocycles. The molecular formula is C13H14ClN5O2. The molecule has 2 aromatic heterocycles. The van der Waals surface area contributed by atoms with Crippen molar-refractivity contribution < 1.29 is 9.90 Å². The van der Waals surface area contributed by atoms with Gasteiger partial charge < -0.3 is 15.7 Å². The minimum atomic E-state index is -0.346. The molecule has 2 rings (SSSR count). The van der Waals surface area contributed by atoms with Crippen molar-refractivity contribution in [2.24, 2.45) is 0 Å². The maximum Gasteiger partial charge on any atom is 0.271 e. The fraction of sp³-hybridized carbons (Fsp3) is 0.231. The molecule has 0 radical (unpaired) electrons. The highest BCUT2D eigenvalue weighted by Crippen LogP contribution is 2.07. The van der Waals surface area contributed by atoms with Crippen molar-refractivity contribution in [1.29, 1.82) is 0 Å². The first-order valence-electron chi connectivity index (χ1n) is 6.19. The van der Waals surface area contributed by atoms with Gasteiger partial charge >= 0.3 is 0 Å². The average Bonchev–Trinajstić information content (AvgIpc) is 2.49. The van der Waals surface area contributed by atoms with Crippen LogP contribution in [0.5, 0.6) is 0 Å². The van der Waals surface area contributed by atoms with Crippen molar-refractivity contribution in [3.05, 3.63) is 47.3 Å². The maximum atomic E-state index is 12.0. The highest BCUT2D eigenvalue weighted by Gasteiger charge is 2.11. The molecule has 2 heterocycles. The monoisotopic (exact) mass is 307 g/mol. The second-order valence-corrected chi connectivity index (χ2v) is 4.63. The Bertz CT molecular complexity index is 603. The minimum absolute atomic E-state index is 0.108. The van der Waals surface area contributed by atoms with E-state index in [1.165, 1.54) is 18.6 Å². The Morgan fingerprint density at radius 1 is 1.29 bits per heavy atom. The van der Waals surface area contributed by atoms with Gasteiger partial charge in [-0.15, -0.1) is 0 Å². The number of carbonyl (C=O) groups is 1. The van der Waals surface area contributed by atoms with Crippen molar-refractivity contribution in [1.82, 2.24) is 20.3 Å². The number of carbonyl (C=O) groups excluding carboxylic acids is 1. The minimum Gasteiger partial charge on any atom is -0.392 e. The van der Waals surface area contributed by atoms with Gasteiger partial charge in [0.2, 0.25) is 5.28 Å². The summed E-state index contributed by atoms with van der Waals surface area (Å²) in [5.41, 5.74) is 1.56. The zero-order chi connectivity index (χ0) is 15.2. The van der Waals surface area contributed by atoms with E-state index in [1.54, 1.807) is 19.1 Å². The number of hydrogen-bond acceptors (Lipinski definition) is 6. The van der Waals surface area contributed by atoms with Crippen LogP contribution in [-0.4, -0.2) is 32.1 Å². The second kappa shape index (κ2) is 6.96. The highest BCUT2D eigenvalue weighted by molar-refractivity contribution is 6.28. The summed E-state index contributed by atoms with van der Waals surface area (Å²) in [5, 5.41) is 14.8.